The minimum Gasteiger partial charge on any atom is -0.396 e. The quantitative estimate of drug-likeness (QED) is 0.863. The van der Waals surface area contributed by atoms with Crippen molar-refractivity contribution in [1.29, 1.82) is 0 Å². The monoisotopic (exact) mass is 255 g/mol. The third kappa shape index (κ3) is 1.49. The fourth-order valence-electron chi connectivity index (χ4n) is 2.14. The standard InChI is InChI=1S/C11H14BrNO/c12-10-3-1-2-8(4-10)11(7-13)5-9(11)6-14/h1-4,9,14H,5-7,13H2. The first kappa shape index (κ1) is 10.1. The van der Waals surface area contributed by atoms with Crippen molar-refractivity contribution in [2.24, 2.45) is 11.7 Å². The first-order valence-electron chi connectivity index (χ1n) is 4.80. The van der Waals surface area contributed by atoms with E-state index in [1.807, 2.05) is 12.1 Å². The van der Waals surface area contributed by atoms with E-state index in [0.29, 0.717) is 12.5 Å². The van der Waals surface area contributed by atoms with Crippen molar-refractivity contribution in [3.05, 3.63) is 34.3 Å². The molecule has 1 fully saturated rings. The highest BCUT2D eigenvalue weighted by molar-refractivity contribution is 9.10. The average molecular weight is 256 g/mol. The lowest BCUT2D eigenvalue weighted by atomic mass is 9.93. The van der Waals surface area contributed by atoms with E-state index in [1.54, 1.807) is 0 Å². The van der Waals surface area contributed by atoms with Gasteiger partial charge in [-0.2, -0.15) is 0 Å². The Kier molecular flexibility index (Phi) is 2.64. The Morgan fingerprint density at radius 1 is 1.57 bits per heavy atom. The summed E-state index contributed by atoms with van der Waals surface area (Å²) in [7, 11) is 0. The Morgan fingerprint density at radius 2 is 2.36 bits per heavy atom. The van der Waals surface area contributed by atoms with Gasteiger partial charge in [-0.1, -0.05) is 28.1 Å². The summed E-state index contributed by atoms with van der Waals surface area (Å²) in [6, 6.07) is 8.21. The van der Waals surface area contributed by atoms with E-state index >= 15 is 0 Å². The van der Waals surface area contributed by atoms with E-state index in [0.717, 1.165) is 10.9 Å². The molecule has 1 aromatic rings. The maximum atomic E-state index is 9.14. The summed E-state index contributed by atoms with van der Waals surface area (Å²) in [4.78, 5) is 0. The second-order valence-electron chi connectivity index (χ2n) is 3.95. The molecule has 0 heterocycles. The average Bonchev–Trinajstić information content (AvgIpc) is 2.93. The Bertz CT molecular complexity index is 342. The van der Waals surface area contributed by atoms with E-state index in [4.69, 9.17) is 10.8 Å². The summed E-state index contributed by atoms with van der Waals surface area (Å²) in [6.45, 7) is 0.860. The molecule has 1 aromatic carbocycles. The molecule has 76 valence electrons. The molecule has 2 unspecified atom stereocenters. The van der Waals surface area contributed by atoms with E-state index in [-0.39, 0.29) is 12.0 Å². The first-order chi connectivity index (χ1) is 6.73. The zero-order chi connectivity index (χ0) is 10.2. The van der Waals surface area contributed by atoms with Crippen LogP contribution in [0.3, 0.4) is 0 Å². The molecule has 0 aliphatic heterocycles. The molecular formula is C11H14BrNO. The fourth-order valence-corrected chi connectivity index (χ4v) is 2.54. The highest BCUT2D eigenvalue weighted by Gasteiger charge is 2.53. The third-order valence-electron chi connectivity index (χ3n) is 3.22. The topological polar surface area (TPSA) is 46.2 Å². The summed E-state index contributed by atoms with van der Waals surface area (Å²) in [5.41, 5.74) is 7.07. The molecule has 14 heavy (non-hydrogen) atoms. The van der Waals surface area contributed by atoms with Gasteiger partial charge in [-0.15, -0.1) is 0 Å². The predicted octanol–water partition coefficient (Wildman–Crippen LogP) is 1.66. The Labute approximate surface area is 92.3 Å². The minimum absolute atomic E-state index is 0.0402. The van der Waals surface area contributed by atoms with Crippen LogP contribution in [-0.2, 0) is 5.41 Å². The number of aliphatic hydroxyl groups excluding tert-OH is 1. The molecule has 2 rings (SSSR count). The van der Waals surface area contributed by atoms with E-state index in [1.165, 1.54) is 5.56 Å². The van der Waals surface area contributed by atoms with Gasteiger partial charge in [0.25, 0.3) is 0 Å². The number of rotatable bonds is 3. The zero-order valence-corrected chi connectivity index (χ0v) is 9.50. The van der Waals surface area contributed by atoms with Crippen LogP contribution in [0, 0.1) is 5.92 Å². The van der Waals surface area contributed by atoms with Crippen LogP contribution < -0.4 is 5.73 Å². The molecule has 0 saturated heterocycles. The minimum atomic E-state index is 0.0402. The molecule has 1 aliphatic carbocycles. The van der Waals surface area contributed by atoms with Gasteiger partial charge in [-0.05, 0) is 30.0 Å². The lowest BCUT2D eigenvalue weighted by Gasteiger charge is -2.15. The molecule has 0 radical (unpaired) electrons. The van der Waals surface area contributed by atoms with Crippen LogP contribution in [-0.4, -0.2) is 18.3 Å². The van der Waals surface area contributed by atoms with Gasteiger partial charge >= 0.3 is 0 Å². The summed E-state index contributed by atoms with van der Waals surface area (Å²) in [5, 5.41) is 9.14. The largest absolute Gasteiger partial charge is 0.396 e. The van der Waals surface area contributed by atoms with Crippen LogP contribution >= 0.6 is 15.9 Å². The van der Waals surface area contributed by atoms with Crippen molar-refractivity contribution in [2.45, 2.75) is 11.8 Å². The highest BCUT2D eigenvalue weighted by atomic mass is 79.9. The van der Waals surface area contributed by atoms with Crippen LogP contribution in [0.15, 0.2) is 28.7 Å². The van der Waals surface area contributed by atoms with Gasteiger partial charge in [0.2, 0.25) is 0 Å². The Hall–Kier alpha value is -0.380. The maximum absolute atomic E-state index is 9.14. The van der Waals surface area contributed by atoms with Crippen molar-refractivity contribution < 1.29 is 5.11 Å². The maximum Gasteiger partial charge on any atom is 0.0468 e. The lowest BCUT2D eigenvalue weighted by Crippen LogP contribution is -2.23. The van der Waals surface area contributed by atoms with E-state index in [2.05, 4.69) is 28.1 Å². The molecule has 1 saturated carbocycles. The number of nitrogens with two attached hydrogens (primary N) is 1. The molecule has 2 atom stereocenters. The normalized spacial score (nSPS) is 30.4. The molecule has 0 aromatic heterocycles. The summed E-state index contributed by atoms with van der Waals surface area (Å²) in [5.74, 6) is 0.349. The van der Waals surface area contributed by atoms with Crippen LogP contribution in [0.5, 0.6) is 0 Å². The fraction of sp³-hybridized carbons (Fsp3) is 0.455. The molecular weight excluding hydrogens is 242 g/mol. The summed E-state index contributed by atoms with van der Waals surface area (Å²) in [6.07, 6.45) is 1.01. The molecule has 0 amide bonds. The van der Waals surface area contributed by atoms with Gasteiger partial charge < -0.3 is 10.8 Å². The second kappa shape index (κ2) is 3.65. The van der Waals surface area contributed by atoms with Crippen LogP contribution in [0.2, 0.25) is 0 Å². The van der Waals surface area contributed by atoms with Crippen LogP contribution in [0.25, 0.3) is 0 Å². The number of aliphatic hydroxyl groups is 1. The molecule has 0 spiro atoms. The van der Waals surface area contributed by atoms with Crippen molar-refractivity contribution in [2.75, 3.05) is 13.2 Å². The molecule has 0 bridgehead atoms. The Morgan fingerprint density at radius 3 is 2.86 bits per heavy atom. The smallest absolute Gasteiger partial charge is 0.0468 e. The van der Waals surface area contributed by atoms with Crippen molar-refractivity contribution in [1.82, 2.24) is 0 Å². The number of halogens is 1. The van der Waals surface area contributed by atoms with Gasteiger partial charge in [0, 0.05) is 23.0 Å². The van der Waals surface area contributed by atoms with Crippen molar-refractivity contribution in [3.8, 4) is 0 Å². The van der Waals surface area contributed by atoms with Gasteiger partial charge in [0.1, 0.15) is 0 Å². The number of hydrogen-bond donors (Lipinski definition) is 2. The SMILES string of the molecule is NCC1(c2cccc(Br)c2)CC1CO. The van der Waals surface area contributed by atoms with Gasteiger partial charge in [0.15, 0.2) is 0 Å². The third-order valence-corrected chi connectivity index (χ3v) is 3.71. The molecule has 2 nitrogen and oxygen atoms in total. The summed E-state index contributed by atoms with van der Waals surface area (Å²) >= 11 is 3.45. The molecule has 3 N–H and O–H groups in total. The van der Waals surface area contributed by atoms with Crippen molar-refractivity contribution in [3.63, 3.8) is 0 Å². The highest BCUT2D eigenvalue weighted by Crippen LogP contribution is 2.53. The van der Waals surface area contributed by atoms with Gasteiger partial charge in [-0.25, -0.2) is 0 Å². The van der Waals surface area contributed by atoms with Crippen LogP contribution in [0.4, 0.5) is 0 Å². The van der Waals surface area contributed by atoms with E-state index < -0.39 is 0 Å². The number of benzene rings is 1. The van der Waals surface area contributed by atoms with Gasteiger partial charge in [-0.3, -0.25) is 0 Å². The first-order valence-corrected chi connectivity index (χ1v) is 5.59. The lowest BCUT2D eigenvalue weighted by molar-refractivity contribution is 0.264. The van der Waals surface area contributed by atoms with Gasteiger partial charge in [0.05, 0.1) is 0 Å². The molecule has 3 heteroatoms. The number of hydrogen-bond acceptors (Lipinski definition) is 2. The van der Waals surface area contributed by atoms with Crippen molar-refractivity contribution >= 4 is 15.9 Å². The second-order valence-corrected chi connectivity index (χ2v) is 4.87. The zero-order valence-electron chi connectivity index (χ0n) is 7.91. The summed E-state index contributed by atoms with van der Waals surface area (Å²) < 4.78 is 1.08. The predicted molar refractivity (Wildman–Crippen MR) is 60.1 cm³/mol. The Balaban J connectivity index is 2.30. The van der Waals surface area contributed by atoms with E-state index in [9.17, 15) is 0 Å². The molecule has 1 aliphatic rings. The van der Waals surface area contributed by atoms with Crippen LogP contribution in [0.1, 0.15) is 12.0 Å².